The predicted molar refractivity (Wildman–Crippen MR) is 54.5 cm³/mol. The maximum Gasteiger partial charge on any atom is 0.328 e. The molecule has 1 aromatic rings. The third-order valence-corrected chi connectivity index (χ3v) is 1.75. The largest absolute Gasteiger partial charge is 0.481 e. The Morgan fingerprint density at radius 1 is 1.13 bits per heavy atom. The Hall–Kier alpha value is -2.10. The van der Waals surface area contributed by atoms with E-state index < -0.39 is 11.9 Å². The lowest BCUT2D eigenvalue weighted by atomic mass is 10.1. The minimum Gasteiger partial charge on any atom is -0.481 e. The fraction of sp³-hybridized carbons (Fsp3) is 0.0909. The quantitative estimate of drug-likeness (QED) is 0.730. The van der Waals surface area contributed by atoms with E-state index in [1.165, 1.54) is 6.08 Å². The van der Waals surface area contributed by atoms with Crippen molar-refractivity contribution in [1.29, 1.82) is 0 Å². The van der Waals surface area contributed by atoms with Gasteiger partial charge in [0.1, 0.15) is 0 Å². The van der Waals surface area contributed by atoms with Gasteiger partial charge in [-0.2, -0.15) is 0 Å². The van der Waals surface area contributed by atoms with Crippen LogP contribution in [0.2, 0.25) is 0 Å². The van der Waals surface area contributed by atoms with Crippen molar-refractivity contribution >= 4 is 18.0 Å². The molecule has 1 rings (SSSR count). The van der Waals surface area contributed by atoms with Gasteiger partial charge in [0.05, 0.1) is 6.42 Å². The van der Waals surface area contributed by atoms with Gasteiger partial charge < -0.3 is 10.2 Å². The van der Waals surface area contributed by atoms with E-state index in [9.17, 15) is 9.59 Å². The molecule has 1 aromatic carbocycles. The molecule has 0 amide bonds. The summed E-state index contributed by atoms with van der Waals surface area (Å²) in [4.78, 5) is 20.6. The molecular formula is C11H10O4. The second-order valence-corrected chi connectivity index (χ2v) is 2.98. The van der Waals surface area contributed by atoms with Gasteiger partial charge in [0.2, 0.25) is 0 Å². The number of aliphatic carboxylic acids is 2. The monoisotopic (exact) mass is 206 g/mol. The van der Waals surface area contributed by atoms with Crippen molar-refractivity contribution in [2.45, 2.75) is 6.42 Å². The first-order valence-corrected chi connectivity index (χ1v) is 4.29. The smallest absolute Gasteiger partial charge is 0.328 e. The Balaban J connectivity index is 2.72. The van der Waals surface area contributed by atoms with Gasteiger partial charge in [-0.1, -0.05) is 24.3 Å². The molecule has 0 aliphatic heterocycles. The molecule has 0 aliphatic carbocycles. The first kappa shape index (κ1) is 11.0. The van der Waals surface area contributed by atoms with Gasteiger partial charge in [-0.05, 0) is 17.2 Å². The van der Waals surface area contributed by atoms with E-state index in [1.807, 2.05) is 0 Å². The average molecular weight is 206 g/mol. The first-order valence-electron chi connectivity index (χ1n) is 4.29. The van der Waals surface area contributed by atoms with Gasteiger partial charge in [-0.3, -0.25) is 4.79 Å². The predicted octanol–water partition coefficient (Wildman–Crippen LogP) is 1.41. The van der Waals surface area contributed by atoms with Crippen molar-refractivity contribution in [3.8, 4) is 0 Å². The van der Waals surface area contributed by atoms with E-state index in [0.29, 0.717) is 5.56 Å². The average Bonchev–Trinajstić information content (AvgIpc) is 2.16. The molecule has 0 bridgehead atoms. The van der Waals surface area contributed by atoms with E-state index in [2.05, 4.69) is 0 Å². The minimum atomic E-state index is -1.01. The lowest BCUT2D eigenvalue weighted by Gasteiger charge is -1.97. The molecular weight excluding hydrogens is 196 g/mol. The van der Waals surface area contributed by atoms with E-state index in [0.717, 1.165) is 11.6 Å². The Labute approximate surface area is 86.5 Å². The highest BCUT2D eigenvalue weighted by atomic mass is 16.4. The number of carbonyl (C=O) groups is 2. The van der Waals surface area contributed by atoms with Crippen molar-refractivity contribution in [3.05, 3.63) is 41.5 Å². The summed E-state index contributed by atoms with van der Waals surface area (Å²) >= 11 is 0. The van der Waals surface area contributed by atoms with Crippen LogP contribution in [0.3, 0.4) is 0 Å². The Kier molecular flexibility index (Phi) is 3.62. The molecule has 4 heteroatoms. The maximum absolute atomic E-state index is 10.4. The van der Waals surface area contributed by atoms with Crippen molar-refractivity contribution in [3.63, 3.8) is 0 Å². The van der Waals surface area contributed by atoms with E-state index in [-0.39, 0.29) is 6.42 Å². The Morgan fingerprint density at radius 3 is 2.20 bits per heavy atom. The van der Waals surface area contributed by atoms with Crippen molar-refractivity contribution in [2.24, 2.45) is 0 Å². The molecule has 0 fully saturated rings. The molecule has 0 aliphatic rings. The molecule has 0 radical (unpaired) electrons. The summed E-state index contributed by atoms with van der Waals surface area (Å²) in [5.41, 5.74) is 1.42. The molecule has 78 valence electrons. The van der Waals surface area contributed by atoms with E-state index >= 15 is 0 Å². The molecule has 0 spiro atoms. The first-order chi connectivity index (χ1) is 7.08. The minimum absolute atomic E-state index is 0.0249. The summed E-state index contributed by atoms with van der Waals surface area (Å²) in [6.07, 6.45) is 2.46. The number of carboxylic acids is 2. The summed E-state index contributed by atoms with van der Waals surface area (Å²) in [7, 11) is 0. The lowest BCUT2D eigenvalue weighted by Crippen LogP contribution is -1.99. The summed E-state index contributed by atoms with van der Waals surface area (Å²) < 4.78 is 0. The Bertz CT molecular complexity index is 390. The van der Waals surface area contributed by atoms with Crippen LogP contribution in [0.1, 0.15) is 11.1 Å². The molecule has 0 saturated carbocycles. The van der Waals surface area contributed by atoms with Crippen LogP contribution in [0.15, 0.2) is 30.3 Å². The molecule has 4 nitrogen and oxygen atoms in total. The van der Waals surface area contributed by atoms with Crippen LogP contribution in [0.25, 0.3) is 6.08 Å². The van der Waals surface area contributed by atoms with Crippen LogP contribution < -0.4 is 0 Å². The highest BCUT2D eigenvalue weighted by molar-refractivity contribution is 5.85. The van der Waals surface area contributed by atoms with Crippen LogP contribution in [0, 0.1) is 0 Å². The maximum atomic E-state index is 10.4. The van der Waals surface area contributed by atoms with Crippen LogP contribution in [0.4, 0.5) is 0 Å². The summed E-state index contributed by atoms with van der Waals surface area (Å²) in [5.74, 6) is -1.89. The number of rotatable bonds is 4. The molecule has 2 N–H and O–H groups in total. The third kappa shape index (κ3) is 4.08. The number of carboxylic acid groups (broad SMARTS) is 2. The fourth-order valence-corrected chi connectivity index (χ4v) is 1.09. The van der Waals surface area contributed by atoms with Crippen molar-refractivity contribution in [1.82, 2.24) is 0 Å². The molecule has 0 atom stereocenters. The van der Waals surface area contributed by atoms with Gasteiger partial charge in [0.25, 0.3) is 0 Å². The molecule has 0 heterocycles. The van der Waals surface area contributed by atoms with E-state index in [1.54, 1.807) is 24.3 Å². The van der Waals surface area contributed by atoms with Gasteiger partial charge in [0.15, 0.2) is 0 Å². The highest BCUT2D eigenvalue weighted by Gasteiger charge is 1.99. The topological polar surface area (TPSA) is 74.6 Å². The second-order valence-electron chi connectivity index (χ2n) is 2.98. The van der Waals surface area contributed by atoms with Crippen LogP contribution in [0.5, 0.6) is 0 Å². The second kappa shape index (κ2) is 4.95. The van der Waals surface area contributed by atoms with Gasteiger partial charge in [-0.25, -0.2) is 4.79 Å². The number of hydrogen-bond acceptors (Lipinski definition) is 2. The van der Waals surface area contributed by atoms with E-state index in [4.69, 9.17) is 10.2 Å². The van der Waals surface area contributed by atoms with Gasteiger partial charge in [-0.15, -0.1) is 0 Å². The molecule has 0 unspecified atom stereocenters. The Morgan fingerprint density at radius 2 is 1.73 bits per heavy atom. The lowest BCUT2D eigenvalue weighted by molar-refractivity contribution is -0.136. The summed E-state index contributed by atoms with van der Waals surface area (Å²) in [6.45, 7) is 0. The number of benzene rings is 1. The normalized spacial score (nSPS) is 10.4. The molecule has 0 aromatic heterocycles. The highest BCUT2D eigenvalue weighted by Crippen LogP contribution is 2.06. The van der Waals surface area contributed by atoms with Crippen molar-refractivity contribution in [2.75, 3.05) is 0 Å². The van der Waals surface area contributed by atoms with Crippen LogP contribution in [-0.4, -0.2) is 22.2 Å². The van der Waals surface area contributed by atoms with Crippen LogP contribution >= 0.6 is 0 Å². The van der Waals surface area contributed by atoms with Crippen molar-refractivity contribution < 1.29 is 19.8 Å². The molecule has 15 heavy (non-hydrogen) atoms. The SMILES string of the molecule is O=C(O)C=Cc1ccc(CC(=O)O)cc1. The zero-order valence-electron chi connectivity index (χ0n) is 7.88. The zero-order chi connectivity index (χ0) is 11.3. The third-order valence-electron chi connectivity index (χ3n) is 1.75. The van der Waals surface area contributed by atoms with Gasteiger partial charge >= 0.3 is 11.9 Å². The standard InChI is InChI=1S/C11H10O4/c12-10(13)6-5-8-1-3-9(4-2-8)7-11(14)15/h1-6H,7H2,(H,12,13)(H,14,15). The zero-order valence-corrected chi connectivity index (χ0v) is 7.88. The molecule has 0 saturated heterocycles. The van der Waals surface area contributed by atoms with Crippen LogP contribution in [-0.2, 0) is 16.0 Å². The summed E-state index contributed by atoms with van der Waals surface area (Å²) in [5, 5.41) is 16.9. The van der Waals surface area contributed by atoms with Gasteiger partial charge in [0, 0.05) is 6.08 Å². The number of hydrogen-bond donors (Lipinski definition) is 2. The summed E-state index contributed by atoms with van der Waals surface area (Å²) in [6, 6.07) is 6.68. The fourth-order valence-electron chi connectivity index (χ4n) is 1.09.